The van der Waals surface area contributed by atoms with Gasteiger partial charge in [-0.1, -0.05) is 24.4 Å². The number of halogens is 1. The van der Waals surface area contributed by atoms with Crippen LogP contribution in [0.15, 0.2) is 42.5 Å². The third kappa shape index (κ3) is 2.99. The number of fused-ring (bicyclic) bond motifs is 1. The highest BCUT2D eigenvalue weighted by Gasteiger charge is 2.22. The minimum atomic E-state index is 0.108. The van der Waals surface area contributed by atoms with Crippen LogP contribution in [0.25, 0.3) is 16.7 Å². The minimum Gasteiger partial charge on any atom is -0.326 e. The van der Waals surface area contributed by atoms with Gasteiger partial charge in [0, 0.05) is 16.6 Å². The molecule has 1 amide bonds. The maximum Gasteiger partial charge on any atom is 0.227 e. The molecule has 1 saturated carbocycles. The summed E-state index contributed by atoms with van der Waals surface area (Å²) in [4.78, 5) is 13.8. The zero-order chi connectivity index (χ0) is 16.5. The number of hydrogen-bond donors (Lipinski definition) is 1. The van der Waals surface area contributed by atoms with Crippen LogP contribution >= 0.6 is 11.6 Å². The van der Waals surface area contributed by atoms with E-state index in [1.54, 1.807) is 16.9 Å². The molecule has 0 atom stereocenters. The molecular formula is C18H17ClN4O. The van der Waals surface area contributed by atoms with Gasteiger partial charge in [-0.05, 0) is 55.3 Å². The molecule has 1 N–H and O–H groups in total. The molecule has 122 valence electrons. The second-order valence-electron chi connectivity index (χ2n) is 6.14. The van der Waals surface area contributed by atoms with Gasteiger partial charge >= 0.3 is 0 Å². The van der Waals surface area contributed by atoms with Gasteiger partial charge in [0.15, 0.2) is 0 Å². The van der Waals surface area contributed by atoms with Gasteiger partial charge in [-0.2, -0.15) is 4.80 Å². The molecule has 3 aromatic rings. The largest absolute Gasteiger partial charge is 0.326 e. The Bertz CT molecular complexity index is 882. The van der Waals surface area contributed by atoms with Crippen molar-refractivity contribution in [2.75, 3.05) is 5.32 Å². The number of aromatic nitrogens is 3. The van der Waals surface area contributed by atoms with Crippen LogP contribution in [0.2, 0.25) is 5.02 Å². The molecule has 1 heterocycles. The van der Waals surface area contributed by atoms with Crippen LogP contribution in [0.4, 0.5) is 5.69 Å². The van der Waals surface area contributed by atoms with Crippen molar-refractivity contribution >= 4 is 34.2 Å². The summed E-state index contributed by atoms with van der Waals surface area (Å²) in [5.74, 6) is 0.252. The van der Waals surface area contributed by atoms with Crippen LogP contribution < -0.4 is 5.32 Å². The Morgan fingerprint density at radius 2 is 1.75 bits per heavy atom. The summed E-state index contributed by atoms with van der Waals surface area (Å²) in [6.07, 6.45) is 4.26. The van der Waals surface area contributed by atoms with E-state index in [9.17, 15) is 4.79 Å². The molecule has 1 aromatic heterocycles. The molecule has 0 bridgehead atoms. The van der Waals surface area contributed by atoms with Crippen LogP contribution in [-0.2, 0) is 4.79 Å². The zero-order valence-electron chi connectivity index (χ0n) is 13.1. The van der Waals surface area contributed by atoms with Gasteiger partial charge in [0.25, 0.3) is 0 Å². The zero-order valence-corrected chi connectivity index (χ0v) is 13.8. The molecule has 0 radical (unpaired) electrons. The first-order valence-electron chi connectivity index (χ1n) is 8.13. The first kappa shape index (κ1) is 15.1. The van der Waals surface area contributed by atoms with Crippen molar-refractivity contribution < 1.29 is 4.79 Å². The van der Waals surface area contributed by atoms with Gasteiger partial charge < -0.3 is 5.32 Å². The van der Waals surface area contributed by atoms with Crippen molar-refractivity contribution in [2.24, 2.45) is 5.92 Å². The first-order valence-corrected chi connectivity index (χ1v) is 8.51. The summed E-state index contributed by atoms with van der Waals surface area (Å²) in [6.45, 7) is 0. The Morgan fingerprint density at radius 3 is 2.50 bits per heavy atom. The van der Waals surface area contributed by atoms with Crippen molar-refractivity contribution in [2.45, 2.75) is 25.7 Å². The molecule has 0 unspecified atom stereocenters. The number of carbonyl (C=O) groups is 1. The Hall–Kier alpha value is -2.40. The number of nitrogens with one attached hydrogen (secondary N) is 1. The fourth-order valence-corrected chi connectivity index (χ4v) is 3.24. The van der Waals surface area contributed by atoms with E-state index in [2.05, 4.69) is 15.5 Å². The van der Waals surface area contributed by atoms with Crippen molar-refractivity contribution in [1.82, 2.24) is 15.0 Å². The average Bonchev–Trinajstić information content (AvgIpc) is 3.24. The van der Waals surface area contributed by atoms with Crippen LogP contribution in [-0.4, -0.2) is 20.9 Å². The summed E-state index contributed by atoms with van der Waals surface area (Å²) >= 11 is 5.91. The summed E-state index contributed by atoms with van der Waals surface area (Å²) < 4.78 is 0. The normalized spacial score (nSPS) is 15.0. The Balaban J connectivity index is 1.58. The Kier molecular flexibility index (Phi) is 3.94. The number of rotatable bonds is 3. The van der Waals surface area contributed by atoms with Crippen molar-refractivity contribution in [3.05, 3.63) is 47.5 Å². The predicted molar refractivity (Wildman–Crippen MR) is 94.5 cm³/mol. The molecule has 0 aliphatic heterocycles. The highest BCUT2D eigenvalue weighted by Crippen LogP contribution is 2.26. The molecule has 1 aliphatic rings. The number of hydrogen-bond acceptors (Lipinski definition) is 3. The van der Waals surface area contributed by atoms with Gasteiger partial charge in [-0.3, -0.25) is 4.79 Å². The molecule has 0 saturated heterocycles. The second-order valence-corrected chi connectivity index (χ2v) is 6.58. The second kappa shape index (κ2) is 6.24. The summed E-state index contributed by atoms with van der Waals surface area (Å²) in [6, 6.07) is 12.9. The third-order valence-corrected chi connectivity index (χ3v) is 4.68. The highest BCUT2D eigenvalue weighted by molar-refractivity contribution is 6.30. The molecule has 24 heavy (non-hydrogen) atoms. The number of benzene rings is 2. The van der Waals surface area contributed by atoms with Crippen molar-refractivity contribution in [3.8, 4) is 5.69 Å². The predicted octanol–water partition coefficient (Wildman–Crippen LogP) is 4.20. The standard InChI is InChI=1S/C18H17ClN4O/c19-13-5-8-15(9-6-13)23-21-16-10-7-14(11-17(16)22-23)20-18(24)12-3-1-2-4-12/h5-12H,1-4H2,(H,20,24). The van der Waals surface area contributed by atoms with E-state index in [-0.39, 0.29) is 11.8 Å². The van der Waals surface area contributed by atoms with Gasteiger partial charge in [-0.15, -0.1) is 10.2 Å². The number of amides is 1. The van der Waals surface area contributed by atoms with E-state index in [4.69, 9.17) is 11.6 Å². The van der Waals surface area contributed by atoms with Gasteiger partial charge in [-0.25, -0.2) is 0 Å². The van der Waals surface area contributed by atoms with E-state index in [0.29, 0.717) is 5.02 Å². The van der Waals surface area contributed by atoms with Crippen LogP contribution in [0.3, 0.4) is 0 Å². The molecule has 1 fully saturated rings. The first-order chi connectivity index (χ1) is 11.7. The number of nitrogens with zero attached hydrogens (tertiary/aromatic N) is 3. The Morgan fingerprint density at radius 1 is 1.04 bits per heavy atom. The van der Waals surface area contributed by atoms with Crippen molar-refractivity contribution in [1.29, 1.82) is 0 Å². The lowest BCUT2D eigenvalue weighted by atomic mass is 10.1. The average molecular weight is 341 g/mol. The Labute approximate surface area is 144 Å². The third-order valence-electron chi connectivity index (χ3n) is 4.43. The van der Waals surface area contributed by atoms with E-state index in [1.165, 1.54) is 0 Å². The lowest BCUT2D eigenvalue weighted by Crippen LogP contribution is -2.20. The molecule has 0 spiro atoms. The molecule has 1 aliphatic carbocycles. The lowest BCUT2D eigenvalue weighted by molar-refractivity contribution is -0.119. The maximum absolute atomic E-state index is 12.2. The van der Waals surface area contributed by atoms with E-state index in [0.717, 1.165) is 48.1 Å². The van der Waals surface area contributed by atoms with E-state index < -0.39 is 0 Å². The SMILES string of the molecule is O=C(Nc1ccc2nn(-c3ccc(Cl)cc3)nc2c1)C1CCCC1. The van der Waals surface area contributed by atoms with Crippen LogP contribution in [0.1, 0.15) is 25.7 Å². The van der Waals surface area contributed by atoms with E-state index >= 15 is 0 Å². The fourth-order valence-electron chi connectivity index (χ4n) is 3.11. The van der Waals surface area contributed by atoms with Gasteiger partial charge in [0.2, 0.25) is 5.91 Å². The van der Waals surface area contributed by atoms with Gasteiger partial charge in [0.1, 0.15) is 11.0 Å². The van der Waals surface area contributed by atoms with Crippen LogP contribution in [0, 0.1) is 5.92 Å². The monoisotopic (exact) mass is 340 g/mol. The molecule has 5 nitrogen and oxygen atoms in total. The number of anilines is 1. The van der Waals surface area contributed by atoms with Crippen LogP contribution in [0.5, 0.6) is 0 Å². The fraction of sp³-hybridized carbons (Fsp3) is 0.278. The molecule has 6 heteroatoms. The van der Waals surface area contributed by atoms with Crippen molar-refractivity contribution in [3.63, 3.8) is 0 Å². The maximum atomic E-state index is 12.2. The summed E-state index contributed by atoms with van der Waals surface area (Å²) in [7, 11) is 0. The topological polar surface area (TPSA) is 59.8 Å². The molecular weight excluding hydrogens is 324 g/mol. The van der Waals surface area contributed by atoms with Gasteiger partial charge in [0.05, 0.1) is 5.69 Å². The number of carbonyl (C=O) groups excluding carboxylic acids is 1. The lowest BCUT2D eigenvalue weighted by Gasteiger charge is -2.09. The molecule has 2 aromatic carbocycles. The van der Waals surface area contributed by atoms with E-state index in [1.807, 2.05) is 30.3 Å². The summed E-state index contributed by atoms with van der Waals surface area (Å²) in [5, 5.41) is 12.6. The summed E-state index contributed by atoms with van der Waals surface area (Å²) in [5.41, 5.74) is 3.13. The molecule has 4 rings (SSSR count). The highest BCUT2D eigenvalue weighted by atomic mass is 35.5. The smallest absolute Gasteiger partial charge is 0.227 e. The quantitative estimate of drug-likeness (QED) is 0.777. The minimum absolute atomic E-state index is 0.108.